The number of anilines is 2. The summed E-state index contributed by atoms with van der Waals surface area (Å²) in [4.78, 5) is 35.0. The highest BCUT2D eigenvalue weighted by Gasteiger charge is 2.38. The molecule has 0 atom stereocenters. The second kappa shape index (κ2) is 6.15. The minimum Gasteiger partial charge on any atom is -0.481 e. The third kappa shape index (κ3) is 3.90. The normalized spacial score (nSPS) is 13.9. The zero-order valence-electron chi connectivity index (χ0n) is 11.9. The van der Waals surface area contributed by atoms with Gasteiger partial charge in [-0.25, -0.2) is 0 Å². The molecule has 0 fully saturated rings. The summed E-state index contributed by atoms with van der Waals surface area (Å²) in [5, 5.41) is 3.78. The average molecular weight is 331 g/mol. The van der Waals surface area contributed by atoms with E-state index in [1.54, 1.807) is 7.05 Å². The summed E-state index contributed by atoms with van der Waals surface area (Å²) in [6.45, 7) is -0.975. The van der Waals surface area contributed by atoms with Crippen molar-refractivity contribution in [2.45, 2.75) is 6.18 Å². The second-order valence-corrected chi connectivity index (χ2v) is 4.65. The van der Waals surface area contributed by atoms with E-state index in [1.165, 1.54) is 28.4 Å². The van der Waals surface area contributed by atoms with Gasteiger partial charge in [-0.3, -0.25) is 14.4 Å². The fourth-order valence-corrected chi connectivity index (χ4v) is 1.82. The Bertz CT molecular complexity index is 660. The standard InChI is InChI=1S/C13H12F3N3O4/c1-19-8-3-2-7(4-9(8)23-6-11(19)21)18-10(20)5-17-12(22)13(14,15)16/h2-4H,5-6H2,1H3,(H,17,22)(H,18,20). The Balaban J connectivity index is 1.97. The van der Waals surface area contributed by atoms with Crippen molar-refractivity contribution in [3.63, 3.8) is 0 Å². The molecule has 1 aromatic rings. The van der Waals surface area contributed by atoms with Gasteiger partial charge >= 0.3 is 12.1 Å². The van der Waals surface area contributed by atoms with Gasteiger partial charge in [0.05, 0.1) is 12.2 Å². The molecule has 1 aliphatic heterocycles. The number of ether oxygens (including phenoxy) is 1. The van der Waals surface area contributed by atoms with Crippen LogP contribution in [-0.2, 0) is 14.4 Å². The maximum Gasteiger partial charge on any atom is 0.471 e. The lowest BCUT2D eigenvalue weighted by molar-refractivity contribution is -0.173. The number of carbonyl (C=O) groups excluding carboxylic acids is 3. The molecule has 0 saturated carbocycles. The molecule has 10 heteroatoms. The van der Waals surface area contributed by atoms with Crippen LogP contribution in [0, 0.1) is 0 Å². The zero-order chi connectivity index (χ0) is 17.2. The van der Waals surface area contributed by atoms with Crippen molar-refractivity contribution in [2.24, 2.45) is 0 Å². The lowest BCUT2D eigenvalue weighted by Crippen LogP contribution is -2.41. The molecule has 0 saturated heterocycles. The molecule has 0 spiro atoms. The van der Waals surface area contributed by atoms with Crippen molar-refractivity contribution in [3.05, 3.63) is 18.2 Å². The number of halogens is 3. The van der Waals surface area contributed by atoms with Gasteiger partial charge in [0.2, 0.25) is 5.91 Å². The van der Waals surface area contributed by atoms with Crippen LogP contribution in [0.15, 0.2) is 18.2 Å². The van der Waals surface area contributed by atoms with Gasteiger partial charge in [-0.05, 0) is 12.1 Å². The molecule has 3 amide bonds. The van der Waals surface area contributed by atoms with Crippen LogP contribution < -0.4 is 20.3 Å². The number of hydrogen-bond donors (Lipinski definition) is 2. The quantitative estimate of drug-likeness (QED) is 0.852. The van der Waals surface area contributed by atoms with Crippen LogP contribution in [0.3, 0.4) is 0 Å². The summed E-state index contributed by atoms with van der Waals surface area (Å²) in [5.74, 6) is -2.90. The second-order valence-electron chi connectivity index (χ2n) is 4.65. The number of nitrogens with zero attached hydrogens (tertiary/aromatic N) is 1. The van der Waals surface area contributed by atoms with Crippen molar-refractivity contribution < 1.29 is 32.3 Å². The van der Waals surface area contributed by atoms with E-state index in [0.29, 0.717) is 11.4 Å². The van der Waals surface area contributed by atoms with Crippen LogP contribution in [0.5, 0.6) is 5.75 Å². The number of hydrogen-bond acceptors (Lipinski definition) is 4. The van der Waals surface area contributed by atoms with E-state index in [-0.39, 0.29) is 18.2 Å². The highest BCUT2D eigenvalue weighted by Crippen LogP contribution is 2.33. The van der Waals surface area contributed by atoms with E-state index in [0.717, 1.165) is 0 Å². The molecular formula is C13H12F3N3O4. The Morgan fingerprint density at radius 2 is 2.04 bits per heavy atom. The molecule has 1 aliphatic rings. The Morgan fingerprint density at radius 1 is 1.35 bits per heavy atom. The molecule has 0 radical (unpaired) electrons. The molecule has 0 aliphatic carbocycles. The maximum atomic E-state index is 12.0. The highest BCUT2D eigenvalue weighted by atomic mass is 19.4. The molecule has 7 nitrogen and oxygen atoms in total. The Hall–Kier alpha value is -2.78. The minimum atomic E-state index is -5.04. The molecule has 0 aromatic heterocycles. The van der Waals surface area contributed by atoms with Crippen LogP contribution in [0.25, 0.3) is 0 Å². The fourth-order valence-electron chi connectivity index (χ4n) is 1.82. The number of alkyl halides is 3. The van der Waals surface area contributed by atoms with Gasteiger partial charge in [-0.15, -0.1) is 0 Å². The SMILES string of the molecule is CN1C(=O)COc2cc(NC(=O)CNC(=O)C(F)(F)F)ccc21. The molecule has 1 heterocycles. The summed E-state index contributed by atoms with van der Waals surface area (Å²) >= 11 is 0. The predicted molar refractivity (Wildman–Crippen MR) is 73.0 cm³/mol. The molecule has 0 unspecified atom stereocenters. The summed E-state index contributed by atoms with van der Waals surface area (Å²) in [6, 6.07) is 4.42. The lowest BCUT2D eigenvalue weighted by Gasteiger charge is -2.26. The summed E-state index contributed by atoms with van der Waals surface area (Å²) in [7, 11) is 1.56. The van der Waals surface area contributed by atoms with E-state index < -0.39 is 24.5 Å². The van der Waals surface area contributed by atoms with E-state index in [1.807, 2.05) is 0 Å². The molecule has 1 aromatic carbocycles. The van der Waals surface area contributed by atoms with Gasteiger partial charge in [0.1, 0.15) is 5.75 Å². The van der Waals surface area contributed by atoms with Crippen LogP contribution >= 0.6 is 0 Å². The predicted octanol–water partition coefficient (Wildman–Crippen LogP) is 0.659. The maximum absolute atomic E-state index is 12.0. The molecule has 124 valence electrons. The molecule has 0 bridgehead atoms. The summed E-state index contributed by atoms with van der Waals surface area (Å²) in [5.41, 5.74) is 0.766. The van der Waals surface area contributed by atoms with Crippen LogP contribution in [0.4, 0.5) is 24.5 Å². The number of rotatable bonds is 3. The minimum absolute atomic E-state index is 0.150. The highest BCUT2D eigenvalue weighted by molar-refractivity contribution is 5.99. The van der Waals surface area contributed by atoms with E-state index in [2.05, 4.69) is 5.32 Å². The van der Waals surface area contributed by atoms with E-state index in [4.69, 9.17) is 4.74 Å². The van der Waals surface area contributed by atoms with Gasteiger partial charge in [0.15, 0.2) is 6.61 Å². The topological polar surface area (TPSA) is 87.7 Å². The Kier molecular flexibility index (Phi) is 4.43. The van der Waals surface area contributed by atoms with Crippen molar-refractivity contribution >= 4 is 29.1 Å². The largest absolute Gasteiger partial charge is 0.481 e. The van der Waals surface area contributed by atoms with Crippen LogP contribution in [0.2, 0.25) is 0 Å². The van der Waals surface area contributed by atoms with Gasteiger partial charge < -0.3 is 20.3 Å². The smallest absolute Gasteiger partial charge is 0.471 e. The Morgan fingerprint density at radius 3 is 2.70 bits per heavy atom. The van der Waals surface area contributed by atoms with Gasteiger partial charge in [-0.1, -0.05) is 0 Å². The van der Waals surface area contributed by atoms with Crippen molar-refractivity contribution in [1.82, 2.24) is 5.32 Å². The third-order valence-corrected chi connectivity index (χ3v) is 3.00. The molecule has 2 N–H and O–H groups in total. The first-order valence-corrected chi connectivity index (χ1v) is 6.37. The van der Waals surface area contributed by atoms with Crippen molar-refractivity contribution in [2.75, 3.05) is 30.4 Å². The monoisotopic (exact) mass is 331 g/mol. The first-order chi connectivity index (χ1) is 10.7. The zero-order valence-corrected chi connectivity index (χ0v) is 11.9. The first-order valence-electron chi connectivity index (χ1n) is 6.37. The number of benzene rings is 1. The Labute approximate surface area is 128 Å². The number of fused-ring (bicyclic) bond motifs is 1. The number of nitrogens with one attached hydrogen (secondary N) is 2. The number of amides is 3. The van der Waals surface area contributed by atoms with Gasteiger partial charge in [-0.2, -0.15) is 13.2 Å². The molecule has 23 heavy (non-hydrogen) atoms. The van der Waals surface area contributed by atoms with Gasteiger partial charge in [0, 0.05) is 18.8 Å². The summed E-state index contributed by atoms with van der Waals surface area (Å²) in [6.07, 6.45) is -5.04. The fraction of sp³-hybridized carbons (Fsp3) is 0.308. The van der Waals surface area contributed by atoms with Crippen LogP contribution in [0.1, 0.15) is 0 Å². The van der Waals surface area contributed by atoms with Gasteiger partial charge in [0.25, 0.3) is 5.91 Å². The number of carbonyl (C=O) groups is 3. The summed E-state index contributed by atoms with van der Waals surface area (Å²) < 4.78 is 41.2. The lowest BCUT2D eigenvalue weighted by atomic mass is 10.2. The van der Waals surface area contributed by atoms with E-state index in [9.17, 15) is 27.6 Å². The first kappa shape index (κ1) is 16.6. The third-order valence-electron chi connectivity index (χ3n) is 3.00. The molecular weight excluding hydrogens is 319 g/mol. The molecule has 2 rings (SSSR count). The number of likely N-dealkylation sites (N-methyl/N-ethyl adjacent to an activating group) is 1. The van der Waals surface area contributed by atoms with E-state index >= 15 is 0 Å². The van der Waals surface area contributed by atoms with Crippen LogP contribution in [-0.4, -0.2) is 44.1 Å². The van der Waals surface area contributed by atoms with Crippen molar-refractivity contribution in [3.8, 4) is 5.75 Å². The average Bonchev–Trinajstić information content (AvgIpc) is 2.47. The van der Waals surface area contributed by atoms with Crippen molar-refractivity contribution in [1.29, 1.82) is 0 Å².